The Morgan fingerprint density at radius 1 is 0.419 bits per heavy atom. The standard InChI is InChI=1S/C29H22O2/c1-2-11-21-20(10-1)28-22-12-3-4-13-23(22)29(21)25-15-6-8-17-27(25)31-19-9-18-30-26-16-7-5-14-24(26)28/h1-8,10-17H,9,18-19H2. The monoisotopic (exact) mass is 402 g/mol. The summed E-state index contributed by atoms with van der Waals surface area (Å²) in [5.41, 5.74) is 4.72. The van der Waals surface area contributed by atoms with Gasteiger partial charge in [-0.15, -0.1) is 0 Å². The van der Waals surface area contributed by atoms with E-state index in [9.17, 15) is 0 Å². The zero-order valence-corrected chi connectivity index (χ0v) is 17.2. The van der Waals surface area contributed by atoms with E-state index in [0.29, 0.717) is 13.2 Å². The molecule has 0 aromatic heterocycles. The van der Waals surface area contributed by atoms with Gasteiger partial charge in [-0.3, -0.25) is 0 Å². The van der Waals surface area contributed by atoms with Crippen molar-refractivity contribution in [3.63, 3.8) is 0 Å². The Morgan fingerprint density at radius 2 is 0.774 bits per heavy atom. The second-order valence-corrected chi connectivity index (χ2v) is 7.88. The fourth-order valence-corrected chi connectivity index (χ4v) is 4.73. The van der Waals surface area contributed by atoms with E-state index in [-0.39, 0.29) is 0 Å². The lowest BCUT2D eigenvalue weighted by atomic mass is 9.85. The van der Waals surface area contributed by atoms with Gasteiger partial charge < -0.3 is 9.47 Å². The van der Waals surface area contributed by atoms with Crippen molar-refractivity contribution in [2.75, 3.05) is 13.2 Å². The van der Waals surface area contributed by atoms with Crippen molar-refractivity contribution in [3.05, 3.63) is 97.1 Å². The molecular weight excluding hydrogens is 380 g/mol. The van der Waals surface area contributed by atoms with Crippen LogP contribution in [0.5, 0.6) is 11.5 Å². The third-order valence-electron chi connectivity index (χ3n) is 6.05. The highest BCUT2D eigenvalue weighted by Crippen LogP contribution is 2.47. The Bertz CT molecular complexity index is 1250. The second-order valence-electron chi connectivity index (χ2n) is 7.88. The molecule has 2 bridgehead atoms. The molecule has 0 amide bonds. The van der Waals surface area contributed by atoms with Crippen LogP contribution in [-0.4, -0.2) is 13.2 Å². The molecule has 0 atom stereocenters. The quantitative estimate of drug-likeness (QED) is 0.250. The Balaban J connectivity index is 1.85. The van der Waals surface area contributed by atoms with Gasteiger partial charge in [0.2, 0.25) is 0 Å². The molecule has 1 aliphatic heterocycles. The summed E-state index contributed by atoms with van der Waals surface area (Å²) in [6.07, 6.45) is 0.827. The minimum absolute atomic E-state index is 0.617. The third kappa shape index (κ3) is 2.95. The third-order valence-corrected chi connectivity index (χ3v) is 6.05. The zero-order chi connectivity index (χ0) is 20.6. The van der Waals surface area contributed by atoms with Crippen molar-refractivity contribution >= 4 is 21.5 Å². The summed E-state index contributed by atoms with van der Waals surface area (Å²) >= 11 is 0. The normalized spacial score (nSPS) is 13.3. The van der Waals surface area contributed by atoms with E-state index in [1.807, 2.05) is 12.1 Å². The highest BCUT2D eigenvalue weighted by molar-refractivity contribution is 6.22. The lowest BCUT2D eigenvalue weighted by Gasteiger charge is -2.19. The van der Waals surface area contributed by atoms with Crippen LogP contribution in [0.4, 0.5) is 0 Å². The molecule has 2 nitrogen and oxygen atoms in total. The smallest absolute Gasteiger partial charge is 0.127 e. The predicted octanol–water partition coefficient (Wildman–Crippen LogP) is 7.49. The van der Waals surface area contributed by atoms with Crippen LogP contribution in [0.15, 0.2) is 97.1 Å². The maximum Gasteiger partial charge on any atom is 0.127 e. The number of benzene rings is 5. The van der Waals surface area contributed by atoms with Gasteiger partial charge in [-0.05, 0) is 33.7 Å². The summed E-state index contributed by atoms with van der Waals surface area (Å²) in [4.78, 5) is 0. The van der Waals surface area contributed by atoms with Gasteiger partial charge in [0.1, 0.15) is 11.5 Å². The molecule has 6 rings (SSSR count). The van der Waals surface area contributed by atoms with Gasteiger partial charge in [0.05, 0.1) is 13.2 Å². The first-order valence-corrected chi connectivity index (χ1v) is 10.8. The summed E-state index contributed by atoms with van der Waals surface area (Å²) in [7, 11) is 0. The van der Waals surface area contributed by atoms with E-state index in [2.05, 4.69) is 84.9 Å². The van der Waals surface area contributed by atoms with Crippen molar-refractivity contribution in [2.45, 2.75) is 6.42 Å². The number of para-hydroxylation sites is 2. The van der Waals surface area contributed by atoms with Gasteiger partial charge in [0.25, 0.3) is 0 Å². The predicted molar refractivity (Wildman–Crippen MR) is 128 cm³/mol. The van der Waals surface area contributed by atoms with Gasteiger partial charge in [0, 0.05) is 28.7 Å². The van der Waals surface area contributed by atoms with Crippen molar-refractivity contribution in [2.24, 2.45) is 0 Å². The molecule has 5 aromatic rings. The number of fused-ring (bicyclic) bond motifs is 7. The Labute approximate surface area is 181 Å². The number of ether oxygens (including phenoxy) is 2. The second kappa shape index (κ2) is 7.48. The number of rotatable bonds is 0. The molecule has 31 heavy (non-hydrogen) atoms. The van der Waals surface area contributed by atoms with Crippen LogP contribution < -0.4 is 9.47 Å². The number of hydrogen-bond acceptors (Lipinski definition) is 2. The molecule has 0 spiro atoms. The lowest BCUT2D eigenvalue weighted by molar-refractivity contribution is 0.248. The summed E-state index contributed by atoms with van der Waals surface area (Å²) in [5, 5.41) is 4.89. The van der Waals surface area contributed by atoms with Crippen LogP contribution >= 0.6 is 0 Å². The first-order valence-electron chi connectivity index (χ1n) is 10.8. The molecule has 0 saturated carbocycles. The van der Waals surface area contributed by atoms with Crippen molar-refractivity contribution in [1.29, 1.82) is 0 Å². The van der Waals surface area contributed by atoms with Crippen LogP contribution in [0.1, 0.15) is 6.42 Å². The summed E-state index contributed by atoms with van der Waals surface area (Å²) in [6, 6.07) is 34.1. The van der Waals surface area contributed by atoms with Crippen LogP contribution in [0, 0.1) is 0 Å². The molecule has 0 N–H and O–H groups in total. The number of hydrogen-bond donors (Lipinski definition) is 0. The van der Waals surface area contributed by atoms with E-state index in [0.717, 1.165) is 29.0 Å². The summed E-state index contributed by atoms with van der Waals surface area (Å²) < 4.78 is 12.5. The van der Waals surface area contributed by atoms with Gasteiger partial charge in [-0.1, -0.05) is 84.9 Å². The molecule has 1 heterocycles. The molecule has 0 fully saturated rings. The highest BCUT2D eigenvalue weighted by Gasteiger charge is 2.20. The molecule has 1 aliphatic rings. The van der Waals surface area contributed by atoms with Gasteiger partial charge in [-0.25, -0.2) is 0 Å². The minimum Gasteiger partial charge on any atom is -0.493 e. The topological polar surface area (TPSA) is 18.5 Å². The van der Waals surface area contributed by atoms with E-state index in [1.165, 1.54) is 32.7 Å². The minimum atomic E-state index is 0.617. The largest absolute Gasteiger partial charge is 0.493 e. The van der Waals surface area contributed by atoms with E-state index < -0.39 is 0 Å². The Kier molecular flexibility index (Phi) is 4.35. The van der Waals surface area contributed by atoms with Gasteiger partial charge in [-0.2, -0.15) is 0 Å². The van der Waals surface area contributed by atoms with Crippen molar-refractivity contribution < 1.29 is 9.47 Å². The molecule has 150 valence electrons. The van der Waals surface area contributed by atoms with E-state index in [1.54, 1.807) is 0 Å². The lowest BCUT2D eigenvalue weighted by Crippen LogP contribution is -2.05. The van der Waals surface area contributed by atoms with Crippen LogP contribution in [0.25, 0.3) is 43.8 Å². The Morgan fingerprint density at radius 3 is 1.19 bits per heavy atom. The van der Waals surface area contributed by atoms with Crippen LogP contribution in [0.2, 0.25) is 0 Å². The molecule has 0 radical (unpaired) electrons. The molecule has 0 unspecified atom stereocenters. The van der Waals surface area contributed by atoms with Crippen molar-refractivity contribution in [1.82, 2.24) is 0 Å². The van der Waals surface area contributed by atoms with E-state index in [4.69, 9.17) is 9.47 Å². The summed E-state index contributed by atoms with van der Waals surface area (Å²) in [6.45, 7) is 1.23. The molecule has 0 saturated heterocycles. The van der Waals surface area contributed by atoms with Crippen LogP contribution in [0.3, 0.4) is 0 Å². The van der Waals surface area contributed by atoms with Crippen molar-refractivity contribution in [3.8, 4) is 33.8 Å². The summed E-state index contributed by atoms with van der Waals surface area (Å²) in [5.74, 6) is 1.84. The molecule has 5 aromatic carbocycles. The average Bonchev–Trinajstić information content (AvgIpc) is 2.84. The highest BCUT2D eigenvalue weighted by atomic mass is 16.5. The molecular formula is C29H22O2. The average molecular weight is 402 g/mol. The molecule has 2 heteroatoms. The zero-order valence-electron chi connectivity index (χ0n) is 17.2. The fourth-order valence-electron chi connectivity index (χ4n) is 4.73. The SMILES string of the molecule is c1ccc2c(c1)OCCCOc1ccccc1-c1c3ccccc3c-2c2ccccc12. The van der Waals surface area contributed by atoms with Gasteiger partial charge in [0.15, 0.2) is 0 Å². The molecule has 0 aliphatic carbocycles. The first kappa shape index (κ1) is 18.0. The maximum atomic E-state index is 6.26. The maximum absolute atomic E-state index is 6.26. The fraction of sp³-hybridized carbons (Fsp3) is 0.103. The van der Waals surface area contributed by atoms with Crippen LogP contribution in [-0.2, 0) is 0 Å². The van der Waals surface area contributed by atoms with E-state index >= 15 is 0 Å². The van der Waals surface area contributed by atoms with Gasteiger partial charge >= 0.3 is 0 Å². The first-order chi connectivity index (χ1) is 15.4. The Hall–Kier alpha value is -3.78.